The molecule has 0 atom stereocenters. The normalized spacial score (nSPS) is 9.41. The topological polar surface area (TPSA) is 23.8 Å². The van der Waals surface area contributed by atoms with Crippen molar-refractivity contribution in [3.63, 3.8) is 0 Å². The molecule has 1 nitrogen and oxygen atoms in total. The van der Waals surface area contributed by atoms with E-state index in [0.29, 0.717) is 5.56 Å². The minimum atomic E-state index is 0.645. The zero-order valence-electron chi connectivity index (χ0n) is 12.0. The van der Waals surface area contributed by atoms with Gasteiger partial charge in [-0.15, -0.1) is 0 Å². The van der Waals surface area contributed by atoms with Crippen LogP contribution in [0.1, 0.15) is 16.7 Å². The summed E-state index contributed by atoms with van der Waals surface area (Å²) in [5.74, 6) is 6.36. The second-order valence-corrected chi connectivity index (χ2v) is 4.82. The average Bonchev–Trinajstić information content (AvgIpc) is 2.61. The molecule has 0 bridgehead atoms. The summed E-state index contributed by atoms with van der Waals surface area (Å²) in [7, 11) is 0. The molecule has 0 aliphatic rings. The quantitative estimate of drug-likeness (QED) is 0.596. The van der Waals surface area contributed by atoms with Gasteiger partial charge in [0.2, 0.25) is 0 Å². The van der Waals surface area contributed by atoms with E-state index in [2.05, 4.69) is 17.9 Å². The van der Waals surface area contributed by atoms with Crippen molar-refractivity contribution < 1.29 is 0 Å². The molecule has 0 unspecified atom stereocenters. The first-order chi connectivity index (χ1) is 10.9. The lowest BCUT2D eigenvalue weighted by atomic mass is 9.95. The van der Waals surface area contributed by atoms with Gasteiger partial charge < -0.3 is 0 Å². The Hall–Kier alpha value is -3.29. The van der Waals surface area contributed by atoms with Crippen LogP contribution in [0.3, 0.4) is 0 Å². The molecule has 0 saturated carbocycles. The molecule has 0 aliphatic carbocycles. The predicted molar refractivity (Wildman–Crippen MR) is 89.0 cm³/mol. The maximum Gasteiger partial charge on any atom is 0.0998 e. The second-order valence-electron chi connectivity index (χ2n) is 4.82. The summed E-state index contributed by atoms with van der Waals surface area (Å²) < 4.78 is 0. The van der Waals surface area contributed by atoms with E-state index < -0.39 is 0 Å². The van der Waals surface area contributed by atoms with Crippen molar-refractivity contribution in [1.82, 2.24) is 0 Å². The van der Waals surface area contributed by atoms with Crippen molar-refractivity contribution in [1.29, 1.82) is 5.26 Å². The monoisotopic (exact) mass is 279 g/mol. The van der Waals surface area contributed by atoms with E-state index in [4.69, 9.17) is 0 Å². The van der Waals surface area contributed by atoms with Crippen LogP contribution < -0.4 is 0 Å². The van der Waals surface area contributed by atoms with Crippen molar-refractivity contribution in [3.8, 4) is 29.0 Å². The van der Waals surface area contributed by atoms with E-state index in [1.165, 1.54) is 0 Å². The Morgan fingerprint density at radius 3 is 1.91 bits per heavy atom. The molecule has 1 heteroatoms. The van der Waals surface area contributed by atoms with Gasteiger partial charge in [0.05, 0.1) is 11.6 Å². The Labute approximate surface area is 130 Å². The summed E-state index contributed by atoms with van der Waals surface area (Å²) in [4.78, 5) is 0. The first-order valence-electron chi connectivity index (χ1n) is 7.04. The van der Waals surface area contributed by atoms with Gasteiger partial charge in [0.25, 0.3) is 0 Å². The molecule has 0 aliphatic heterocycles. The predicted octanol–water partition coefficient (Wildman–Crippen LogP) is 4.63. The summed E-state index contributed by atoms with van der Waals surface area (Å²) in [6.45, 7) is 0. The van der Waals surface area contributed by atoms with Crippen molar-refractivity contribution >= 4 is 0 Å². The van der Waals surface area contributed by atoms with E-state index in [1.807, 2.05) is 78.9 Å². The van der Waals surface area contributed by atoms with Gasteiger partial charge in [-0.25, -0.2) is 0 Å². The number of nitrogens with zero attached hydrogens (tertiary/aromatic N) is 1. The Bertz CT molecular complexity index is 876. The molecule has 0 radical (unpaired) electrons. The van der Waals surface area contributed by atoms with Crippen molar-refractivity contribution in [2.24, 2.45) is 0 Å². The fraction of sp³-hybridized carbons (Fsp3) is 0. The second kappa shape index (κ2) is 6.44. The highest BCUT2D eigenvalue weighted by molar-refractivity contribution is 5.77. The van der Waals surface area contributed by atoms with Gasteiger partial charge in [-0.05, 0) is 29.8 Å². The van der Waals surface area contributed by atoms with Gasteiger partial charge in [-0.2, -0.15) is 5.26 Å². The number of hydrogen-bond donors (Lipinski definition) is 0. The standard InChI is InChI=1S/C21H13N/c22-16-20-13-7-12-19(15-14-17-8-3-1-4-9-17)21(20)18-10-5-2-6-11-18/h1-13H. The molecule has 3 aromatic rings. The van der Waals surface area contributed by atoms with Crippen LogP contribution in [0.4, 0.5) is 0 Å². The van der Waals surface area contributed by atoms with Crippen molar-refractivity contribution in [2.75, 3.05) is 0 Å². The number of rotatable bonds is 1. The van der Waals surface area contributed by atoms with Crippen LogP contribution in [0.25, 0.3) is 11.1 Å². The lowest BCUT2D eigenvalue weighted by molar-refractivity contribution is 1.47. The summed E-state index contributed by atoms with van der Waals surface area (Å²) in [5, 5.41) is 9.39. The molecule has 0 N–H and O–H groups in total. The Kier molecular flexibility index (Phi) is 4.01. The number of hydrogen-bond acceptors (Lipinski definition) is 1. The van der Waals surface area contributed by atoms with Crippen LogP contribution in [-0.4, -0.2) is 0 Å². The van der Waals surface area contributed by atoms with Crippen molar-refractivity contribution in [3.05, 3.63) is 95.6 Å². The Morgan fingerprint density at radius 1 is 0.591 bits per heavy atom. The third kappa shape index (κ3) is 2.90. The summed E-state index contributed by atoms with van der Waals surface area (Å²) in [6.07, 6.45) is 0. The maximum absolute atomic E-state index is 9.39. The van der Waals surface area contributed by atoms with Crippen LogP contribution in [0.2, 0.25) is 0 Å². The van der Waals surface area contributed by atoms with Gasteiger partial charge in [0, 0.05) is 16.7 Å². The molecule has 0 heterocycles. The highest BCUT2D eigenvalue weighted by Crippen LogP contribution is 2.26. The van der Waals surface area contributed by atoms with E-state index in [9.17, 15) is 5.26 Å². The van der Waals surface area contributed by atoms with E-state index in [1.54, 1.807) is 0 Å². The Balaban J connectivity index is 2.14. The van der Waals surface area contributed by atoms with Gasteiger partial charge in [0.15, 0.2) is 0 Å². The molecular formula is C21H13N. The van der Waals surface area contributed by atoms with Crippen LogP contribution in [-0.2, 0) is 0 Å². The maximum atomic E-state index is 9.39. The SMILES string of the molecule is N#Cc1cccc(C#Cc2ccccc2)c1-c1ccccc1. The minimum Gasteiger partial charge on any atom is -0.192 e. The lowest BCUT2D eigenvalue weighted by Crippen LogP contribution is -1.89. The first-order valence-corrected chi connectivity index (χ1v) is 7.04. The van der Waals surface area contributed by atoms with Crippen LogP contribution in [0, 0.1) is 23.2 Å². The molecule has 0 fully saturated rings. The van der Waals surface area contributed by atoms with E-state index >= 15 is 0 Å². The van der Waals surface area contributed by atoms with Gasteiger partial charge in [-0.1, -0.05) is 66.4 Å². The zero-order chi connectivity index (χ0) is 15.2. The van der Waals surface area contributed by atoms with E-state index in [0.717, 1.165) is 22.3 Å². The highest BCUT2D eigenvalue weighted by atomic mass is 14.2. The van der Waals surface area contributed by atoms with Crippen LogP contribution in [0.15, 0.2) is 78.9 Å². The summed E-state index contributed by atoms with van der Waals surface area (Å²) >= 11 is 0. The fourth-order valence-corrected chi connectivity index (χ4v) is 2.33. The first kappa shape index (κ1) is 13.7. The lowest BCUT2D eigenvalue weighted by Gasteiger charge is -2.07. The molecule has 22 heavy (non-hydrogen) atoms. The van der Waals surface area contributed by atoms with Gasteiger partial charge >= 0.3 is 0 Å². The molecule has 0 saturated heterocycles. The van der Waals surface area contributed by atoms with Crippen LogP contribution >= 0.6 is 0 Å². The third-order valence-corrected chi connectivity index (χ3v) is 3.36. The summed E-state index contributed by atoms with van der Waals surface area (Å²) in [6, 6.07) is 27.7. The molecule has 3 aromatic carbocycles. The van der Waals surface area contributed by atoms with Gasteiger partial charge in [-0.3, -0.25) is 0 Å². The summed E-state index contributed by atoms with van der Waals surface area (Å²) in [5.41, 5.74) is 4.38. The number of benzene rings is 3. The zero-order valence-corrected chi connectivity index (χ0v) is 12.0. The minimum absolute atomic E-state index is 0.645. The van der Waals surface area contributed by atoms with Crippen LogP contribution in [0.5, 0.6) is 0 Å². The molecule has 0 aromatic heterocycles. The van der Waals surface area contributed by atoms with Gasteiger partial charge in [0.1, 0.15) is 0 Å². The smallest absolute Gasteiger partial charge is 0.0998 e. The average molecular weight is 279 g/mol. The molecule has 0 amide bonds. The molecule has 0 spiro atoms. The highest BCUT2D eigenvalue weighted by Gasteiger charge is 2.08. The Morgan fingerprint density at radius 2 is 1.23 bits per heavy atom. The molecular weight excluding hydrogens is 266 g/mol. The fourth-order valence-electron chi connectivity index (χ4n) is 2.33. The molecule has 102 valence electrons. The molecule has 3 rings (SSSR count). The van der Waals surface area contributed by atoms with Crippen molar-refractivity contribution in [2.45, 2.75) is 0 Å². The largest absolute Gasteiger partial charge is 0.192 e. The number of nitriles is 1. The van der Waals surface area contributed by atoms with E-state index in [-0.39, 0.29) is 0 Å². The third-order valence-electron chi connectivity index (χ3n) is 3.36.